The molecule has 150 heavy (non-hydrogen) atoms. The van der Waals surface area contributed by atoms with E-state index in [2.05, 4.69) is 514 Å². The molecule has 0 aliphatic rings. The minimum atomic E-state index is 0.983. The molecule has 0 unspecified atom stereocenters. The van der Waals surface area contributed by atoms with Crippen LogP contribution in [0.5, 0.6) is 0 Å². The molecule has 29 aromatic rings. The lowest BCUT2D eigenvalue weighted by atomic mass is 9.89. The lowest BCUT2D eigenvalue weighted by Gasteiger charge is -2.15. The van der Waals surface area contributed by atoms with Gasteiger partial charge in [0.05, 0.1) is 105 Å². The van der Waals surface area contributed by atoms with Gasteiger partial charge >= 0.3 is 0 Å². The van der Waals surface area contributed by atoms with Crippen LogP contribution in [0.2, 0.25) is 0 Å². The molecule has 15 aromatic heterocycles. The molecule has 29 rings (SSSR count). The third kappa shape index (κ3) is 15.3. The molecule has 0 aliphatic heterocycles. The number of fused-ring (bicyclic) bond motifs is 31. The van der Waals surface area contributed by atoms with Crippen molar-refractivity contribution in [2.45, 2.75) is 69.2 Å². The summed E-state index contributed by atoms with van der Waals surface area (Å²) in [5, 5.41) is 19.3. The van der Waals surface area contributed by atoms with Gasteiger partial charge in [-0.3, -0.25) is 0 Å². The van der Waals surface area contributed by atoms with Crippen LogP contribution in [0, 0.1) is 69.2 Å². The van der Waals surface area contributed by atoms with Crippen LogP contribution < -0.4 is 22.7 Å². The van der Waals surface area contributed by atoms with Gasteiger partial charge in [0.1, 0.15) is 93.5 Å². The van der Waals surface area contributed by atoms with E-state index in [4.69, 9.17) is 4.98 Å². The molecule has 0 spiro atoms. The Hall–Kier alpha value is -18.6. The molecule has 0 atom stereocenters. The van der Waals surface area contributed by atoms with Gasteiger partial charge in [-0.1, -0.05) is 249 Å². The Labute approximate surface area is 868 Å². The van der Waals surface area contributed by atoms with Crippen LogP contribution >= 0.6 is 0 Å². The fourth-order valence-corrected chi connectivity index (χ4v) is 23.6. The van der Waals surface area contributed by atoms with Gasteiger partial charge in [0.25, 0.3) is 28.6 Å². The van der Waals surface area contributed by atoms with Crippen molar-refractivity contribution >= 4 is 148 Å². The Kier molecular flexibility index (Phi) is 23.4. The molecular formula is C130H117N20+5. The van der Waals surface area contributed by atoms with Crippen LogP contribution in [0.3, 0.4) is 0 Å². The van der Waals surface area contributed by atoms with E-state index in [1.807, 2.05) is 84.0 Å². The molecule has 0 amide bonds. The highest BCUT2D eigenvalue weighted by Crippen LogP contribution is 2.43. The SMILES string of the molecule is Cc1c(-c2cncn2C)ccc2c3ccccc3n3cc[n+](C)c3c12.Cc1c(-c2nccn2C)ccc2c3ccccc3n3cc[n+](C)c3c12.Cc1cccc2c3ccccc3[n+]3cc(-c4cncn4C)n(C)c3c12.Cc1cccc2c3ccccc3n3cc(-n4c(C)nc5ccccc54)[n+](C)c3c12.Cc1cccc2c3ccccc3n3cc(-n4ccnc4C)[n+](C)c3c12.Cc1ccccc1-c1cccc(-c2ccccc2C)c1C. The molecule has 0 N–H and O–H groups in total. The average Bonchev–Trinajstić information content (AvgIpc) is 1.55. The molecule has 0 aliphatic carbocycles. The molecule has 732 valence electrons. The van der Waals surface area contributed by atoms with E-state index in [1.54, 1.807) is 0 Å². The second-order valence-corrected chi connectivity index (χ2v) is 39.9. The predicted octanol–water partition coefficient (Wildman–Crippen LogP) is 26.2. The Balaban J connectivity index is 0.0000000960. The molecule has 20 nitrogen and oxygen atoms in total. The number of benzene rings is 14. The maximum absolute atomic E-state index is 4.78. The van der Waals surface area contributed by atoms with E-state index in [-0.39, 0.29) is 0 Å². The third-order valence-electron chi connectivity index (χ3n) is 31.0. The van der Waals surface area contributed by atoms with Crippen molar-refractivity contribution in [3.63, 3.8) is 0 Å². The van der Waals surface area contributed by atoms with Crippen LogP contribution in [-0.2, 0) is 56.4 Å². The van der Waals surface area contributed by atoms with Gasteiger partial charge in [0.2, 0.25) is 11.3 Å². The predicted molar refractivity (Wildman–Crippen MR) is 611 cm³/mol. The summed E-state index contributed by atoms with van der Waals surface area (Å²) in [5.41, 5.74) is 35.8. The summed E-state index contributed by atoms with van der Waals surface area (Å²) in [6.45, 7) is 21.7. The van der Waals surface area contributed by atoms with E-state index in [1.165, 1.54) is 215 Å². The third-order valence-corrected chi connectivity index (χ3v) is 31.0. The van der Waals surface area contributed by atoms with Gasteiger partial charge < -0.3 is 13.7 Å². The molecule has 0 fully saturated rings. The summed E-state index contributed by atoms with van der Waals surface area (Å²) in [6, 6.07) is 104. The van der Waals surface area contributed by atoms with Crippen LogP contribution in [0.25, 0.3) is 216 Å². The highest BCUT2D eigenvalue weighted by Gasteiger charge is 2.32. The molecule has 14 aromatic carbocycles. The normalized spacial score (nSPS) is 11.7. The summed E-state index contributed by atoms with van der Waals surface area (Å²) >= 11 is 0. The van der Waals surface area contributed by atoms with Crippen LogP contribution in [0.15, 0.2) is 384 Å². The Morgan fingerprint density at radius 1 is 0.280 bits per heavy atom. The topological polar surface area (TPSA) is 131 Å². The van der Waals surface area contributed by atoms with Gasteiger partial charge in [-0.25, -0.2) is 65.7 Å². The van der Waals surface area contributed by atoms with Crippen LogP contribution in [0.1, 0.15) is 56.2 Å². The second kappa shape index (κ2) is 37.5. The molecule has 0 radical (unpaired) electrons. The van der Waals surface area contributed by atoms with Gasteiger partial charge in [0.15, 0.2) is 17.3 Å². The summed E-state index contributed by atoms with van der Waals surface area (Å²) in [7, 11) is 16.8. The molecule has 15 heterocycles. The van der Waals surface area contributed by atoms with Crippen molar-refractivity contribution in [1.29, 1.82) is 0 Å². The van der Waals surface area contributed by atoms with E-state index in [0.717, 1.165) is 57.2 Å². The van der Waals surface area contributed by atoms with E-state index < -0.39 is 0 Å². The highest BCUT2D eigenvalue weighted by atomic mass is 15.3. The summed E-state index contributed by atoms with van der Waals surface area (Å²) in [6.07, 6.45) is 30.5. The summed E-state index contributed by atoms with van der Waals surface area (Å²) in [5.74, 6) is 5.19. The lowest BCUT2D eigenvalue weighted by Crippen LogP contribution is -2.32. The maximum Gasteiger partial charge on any atom is 0.295 e. The monoisotopic (exact) mass is 1960 g/mol. The molecule has 0 saturated heterocycles. The van der Waals surface area contributed by atoms with E-state index in [0.29, 0.717) is 0 Å². The highest BCUT2D eigenvalue weighted by molar-refractivity contribution is 6.17. The first kappa shape index (κ1) is 93.8. The first-order valence-electron chi connectivity index (χ1n) is 51.1. The summed E-state index contributed by atoms with van der Waals surface area (Å²) < 4.78 is 33.3. The number of nitrogens with zero attached hydrogens (tertiary/aromatic N) is 20. The maximum atomic E-state index is 4.78. The quantitative estimate of drug-likeness (QED) is 0.116. The van der Waals surface area contributed by atoms with Gasteiger partial charge in [-0.15, -0.1) is 0 Å². The van der Waals surface area contributed by atoms with Crippen molar-refractivity contribution in [2.75, 3.05) is 0 Å². The lowest BCUT2D eigenvalue weighted by molar-refractivity contribution is -0.643. The minimum absolute atomic E-state index is 0.983. The molecule has 0 bridgehead atoms. The standard InChI is InChI=1S/C25H21N4.4C21H19N4.C21H20/c1-16-9-8-11-19-18-10-4-6-13-21(18)28-15-23(27(3)25(28)24(16)19)29-17(2)26-20-12-5-7-14-22(20)29;1-14-7-6-9-16-15-8-4-5-10-17(15)25-12-19(18-11-22-13-23(18)2)24(3)21(25)20(14)16;1-14-7-6-9-17-16-8-4-5-10-18(16)25-13-19(23(3)21(25)20(14)17)24-12-11-22-15(24)2;1-14-15(19-12-22-13-24(19)3)8-9-17-16-6-4-5-7-18(16)25-11-10-23(2)21(25)20(14)17;1-14-15(20-22-10-11-23(20)2)8-9-17-16-6-4-5-7-18(16)25-13-12-24(3)21(25)19(14)17;1-15-9-4-6-11-18(15)20-13-8-14-21(17(20)3)19-12-7-5-10-16(19)2/h4-15H,1-3H3;4*4-13H,1-3H3;4-14H,1-3H3/q5*+1;. The Morgan fingerprint density at radius 2 is 0.687 bits per heavy atom. The van der Waals surface area contributed by atoms with Crippen LogP contribution in [-0.4, -0.2) is 69.9 Å². The smallest absolute Gasteiger partial charge is 0.295 e. The average molecular weight is 1960 g/mol. The van der Waals surface area contributed by atoms with E-state index >= 15 is 0 Å². The molecular weight excluding hydrogens is 1840 g/mol. The fraction of sp³-hybridized carbons (Fsp3) is 0.138. The van der Waals surface area contributed by atoms with Crippen molar-refractivity contribution in [1.82, 2.24) is 69.9 Å². The zero-order valence-electron chi connectivity index (χ0n) is 87.8. The first-order valence-corrected chi connectivity index (χ1v) is 51.1. The number of aryl methyl sites for hydroxylation is 17. The van der Waals surface area contributed by atoms with Gasteiger partial charge in [-0.05, 0) is 175 Å². The number of aromatic nitrogens is 20. The number of pyridine rings is 5. The van der Waals surface area contributed by atoms with E-state index in [9.17, 15) is 0 Å². The minimum Gasteiger partial charge on any atom is -0.334 e. The zero-order valence-corrected chi connectivity index (χ0v) is 87.8. The number of imidazole rings is 10. The summed E-state index contributed by atoms with van der Waals surface area (Å²) in [4.78, 5) is 22.3. The Bertz CT molecular complexity index is 10000. The fourth-order valence-electron chi connectivity index (χ4n) is 23.6. The molecule has 0 saturated carbocycles. The zero-order chi connectivity index (χ0) is 103. The largest absolute Gasteiger partial charge is 0.334 e. The second-order valence-electron chi connectivity index (χ2n) is 39.9. The number of hydrogen-bond acceptors (Lipinski definition) is 5. The number of hydrogen-bond donors (Lipinski definition) is 0. The Morgan fingerprint density at radius 3 is 1.19 bits per heavy atom. The van der Waals surface area contributed by atoms with Crippen LogP contribution in [0.4, 0.5) is 0 Å². The van der Waals surface area contributed by atoms with Gasteiger partial charge in [-0.2, -0.15) is 13.2 Å². The van der Waals surface area contributed by atoms with Crippen molar-refractivity contribution in [3.05, 3.63) is 441 Å². The number of para-hydroxylation sites is 7. The van der Waals surface area contributed by atoms with Gasteiger partial charge in [0, 0.05) is 102 Å². The molecule has 20 heteroatoms. The van der Waals surface area contributed by atoms with Crippen molar-refractivity contribution in [3.8, 4) is 67.9 Å². The van der Waals surface area contributed by atoms with Crippen molar-refractivity contribution in [2.24, 2.45) is 56.4 Å². The first-order chi connectivity index (χ1) is 73.0. The number of rotatable bonds is 7. The van der Waals surface area contributed by atoms with Crippen molar-refractivity contribution < 1.29 is 22.7 Å².